The second-order valence-corrected chi connectivity index (χ2v) is 4.34. The van der Waals surface area contributed by atoms with E-state index in [0.717, 1.165) is 16.9 Å². The summed E-state index contributed by atoms with van der Waals surface area (Å²) in [6.07, 6.45) is 3.25. The SMILES string of the molecule is Cc1ccc(C)c(OCC(=O)Nc2ccncc2)c1. The number of anilines is 1. The number of hydrogen-bond donors (Lipinski definition) is 1. The lowest BCUT2D eigenvalue weighted by atomic mass is 10.1. The molecule has 4 heteroatoms. The van der Waals surface area contributed by atoms with Gasteiger partial charge in [-0.15, -0.1) is 0 Å². The van der Waals surface area contributed by atoms with Gasteiger partial charge in [0, 0.05) is 18.1 Å². The molecule has 98 valence electrons. The molecule has 1 N–H and O–H groups in total. The normalized spacial score (nSPS) is 10.0. The number of pyridine rings is 1. The number of nitrogens with zero attached hydrogens (tertiary/aromatic N) is 1. The third-order valence-corrected chi connectivity index (χ3v) is 2.67. The molecule has 0 spiro atoms. The van der Waals surface area contributed by atoms with Gasteiger partial charge in [-0.25, -0.2) is 0 Å². The highest BCUT2D eigenvalue weighted by molar-refractivity contribution is 5.91. The number of benzene rings is 1. The summed E-state index contributed by atoms with van der Waals surface area (Å²) in [6.45, 7) is 3.94. The van der Waals surface area contributed by atoms with E-state index in [-0.39, 0.29) is 12.5 Å². The van der Waals surface area contributed by atoms with Crippen molar-refractivity contribution in [1.29, 1.82) is 0 Å². The van der Waals surface area contributed by atoms with E-state index in [1.807, 2.05) is 32.0 Å². The van der Waals surface area contributed by atoms with Gasteiger partial charge in [0.15, 0.2) is 6.61 Å². The van der Waals surface area contributed by atoms with Crippen LogP contribution in [0.1, 0.15) is 11.1 Å². The second-order valence-electron chi connectivity index (χ2n) is 4.34. The molecule has 0 saturated carbocycles. The highest BCUT2D eigenvalue weighted by atomic mass is 16.5. The molecule has 2 rings (SSSR count). The van der Waals surface area contributed by atoms with E-state index in [4.69, 9.17) is 4.74 Å². The van der Waals surface area contributed by atoms with Crippen LogP contribution in [-0.2, 0) is 4.79 Å². The molecule has 0 saturated heterocycles. The predicted molar refractivity (Wildman–Crippen MR) is 74.3 cm³/mol. The molecule has 4 nitrogen and oxygen atoms in total. The maximum absolute atomic E-state index is 11.7. The lowest BCUT2D eigenvalue weighted by Gasteiger charge is -2.10. The van der Waals surface area contributed by atoms with Crippen molar-refractivity contribution < 1.29 is 9.53 Å². The lowest BCUT2D eigenvalue weighted by molar-refractivity contribution is -0.118. The van der Waals surface area contributed by atoms with E-state index in [1.54, 1.807) is 24.5 Å². The number of ether oxygens (including phenoxy) is 1. The summed E-state index contributed by atoms with van der Waals surface area (Å²) in [5.74, 6) is 0.553. The number of nitrogens with one attached hydrogen (secondary N) is 1. The van der Waals surface area contributed by atoms with Gasteiger partial charge in [-0.2, -0.15) is 0 Å². The van der Waals surface area contributed by atoms with Crippen LogP contribution >= 0.6 is 0 Å². The molecule has 0 bridgehead atoms. The van der Waals surface area contributed by atoms with Crippen LogP contribution in [0.15, 0.2) is 42.7 Å². The highest BCUT2D eigenvalue weighted by Gasteiger charge is 2.05. The number of carbonyl (C=O) groups excluding carboxylic acids is 1. The zero-order chi connectivity index (χ0) is 13.7. The Kier molecular flexibility index (Phi) is 4.13. The summed E-state index contributed by atoms with van der Waals surface area (Å²) >= 11 is 0. The Morgan fingerprint density at radius 3 is 2.68 bits per heavy atom. The van der Waals surface area contributed by atoms with Crippen molar-refractivity contribution in [3.63, 3.8) is 0 Å². The molecule has 0 aliphatic rings. The Labute approximate surface area is 112 Å². The maximum atomic E-state index is 11.7. The summed E-state index contributed by atoms with van der Waals surface area (Å²) in [5.41, 5.74) is 2.84. The fourth-order valence-corrected chi connectivity index (χ4v) is 1.64. The van der Waals surface area contributed by atoms with Crippen LogP contribution in [0.3, 0.4) is 0 Å². The predicted octanol–water partition coefficient (Wildman–Crippen LogP) is 2.72. The van der Waals surface area contributed by atoms with Crippen LogP contribution in [-0.4, -0.2) is 17.5 Å². The molecule has 0 aliphatic carbocycles. The molecule has 1 heterocycles. The fraction of sp³-hybridized carbons (Fsp3) is 0.200. The van der Waals surface area contributed by atoms with Gasteiger partial charge in [0.25, 0.3) is 5.91 Å². The minimum Gasteiger partial charge on any atom is -0.483 e. The van der Waals surface area contributed by atoms with Gasteiger partial charge in [0.05, 0.1) is 0 Å². The summed E-state index contributed by atoms with van der Waals surface area (Å²) < 4.78 is 5.52. The minimum absolute atomic E-state index is 0.00733. The van der Waals surface area contributed by atoms with Crippen molar-refractivity contribution >= 4 is 11.6 Å². The molecule has 1 amide bonds. The molecule has 1 aromatic carbocycles. The summed E-state index contributed by atoms with van der Waals surface area (Å²) in [6, 6.07) is 9.38. The summed E-state index contributed by atoms with van der Waals surface area (Å²) in [5, 5.41) is 2.74. The lowest BCUT2D eigenvalue weighted by Crippen LogP contribution is -2.20. The first-order valence-electron chi connectivity index (χ1n) is 6.05. The Morgan fingerprint density at radius 2 is 1.95 bits per heavy atom. The number of amides is 1. The highest BCUT2D eigenvalue weighted by Crippen LogP contribution is 2.18. The van der Waals surface area contributed by atoms with E-state index in [1.165, 1.54) is 0 Å². The molecule has 19 heavy (non-hydrogen) atoms. The average Bonchev–Trinajstić information content (AvgIpc) is 2.41. The largest absolute Gasteiger partial charge is 0.483 e. The molecule has 0 radical (unpaired) electrons. The third-order valence-electron chi connectivity index (χ3n) is 2.67. The van der Waals surface area contributed by atoms with Crippen molar-refractivity contribution in [2.45, 2.75) is 13.8 Å². The van der Waals surface area contributed by atoms with Crippen LogP contribution in [0.2, 0.25) is 0 Å². The quantitative estimate of drug-likeness (QED) is 0.915. The van der Waals surface area contributed by atoms with Gasteiger partial charge in [-0.3, -0.25) is 9.78 Å². The van der Waals surface area contributed by atoms with E-state index in [2.05, 4.69) is 10.3 Å². The average molecular weight is 256 g/mol. The Hall–Kier alpha value is -2.36. The molecule has 0 aliphatic heterocycles. The Balaban J connectivity index is 1.92. The monoisotopic (exact) mass is 256 g/mol. The first-order valence-corrected chi connectivity index (χ1v) is 6.05. The maximum Gasteiger partial charge on any atom is 0.262 e. The van der Waals surface area contributed by atoms with Crippen molar-refractivity contribution in [3.05, 3.63) is 53.9 Å². The number of hydrogen-bond acceptors (Lipinski definition) is 3. The Bertz CT molecular complexity index is 568. The standard InChI is InChI=1S/C15H16N2O2/c1-11-3-4-12(2)14(9-11)19-10-15(18)17-13-5-7-16-8-6-13/h3-9H,10H2,1-2H3,(H,16,17,18). The fourth-order valence-electron chi connectivity index (χ4n) is 1.64. The number of carbonyl (C=O) groups is 1. The van der Waals surface area contributed by atoms with Crippen molar-refractivity contribution in [3.8, 4) is 5.75 Å². The summed E-state index contributed by atoms with van der Waals surface area (Å²) in [7, 11) is 0. The molecular weight excluding hydrogens is 240 g/mol. The van der Waals surface area contributed by atoms with Gasteiger partial charge in [0.1, 0.15) is 5.75 Å². The number of aromatic nitrogens is 1. The van der Waals surface area contributed by atoms with Crippen LogP contribution in [0.25, 0.3) is 0 Å². The smallest absolute Gasteiger partial charge is 0.262 e. The van der Waals surface area contributed by atoms with Crippen molar-refractivity contribution in [1.82, 2.24) is 4.98 Å². The van der Waals surface area contributed by atoms with Crippen LogP contribution < -0.4 is 10.1 Å². The van der Waals surface area contributed by atoms with Crippen LogP contribution in [0.4, 0.5) is 5.69 Å². The molecule has 0 atom stereocenters. The van der Waals surface area contributed by atoms with Gasteiger partial charge < -0.3 is 10.1 Å². The molecule has 2 aromatic rings. The van der Waals surface area contributed by atoms with E-state index < -0.39 is 0 Å². The van der Waals surface area contributed by atoms with Gasteiger partial charge in [-0.1, -0.05) is 12.1 Å². The molecular formula is C15H16N2O2. The second kappa shape index (κ2) is 6.00. The minimum atomic E-state index is -0.188. The van der Waals surface area contributed by atoms with Crippen molar-refractivity contribution in [2.24, 2.45) is 0 Å². The van der Waals surface area contributed by atoms with Gasteiger partial charge in [-0.05, 0) is 43.2 Å². The van der Waals surface area contributed by atoms with E-state index in [9.17, 15) is 4.79 Å². The number of rotatable bonds is 4. The van der Waals surface area contributed by atoms with Crippen molar-refractivity contribution in [2.75, 3.05) is 11.9 Å². The third kappa shape index (κ3) is 3.81. The van der Waals surface area contributed by atoms with Crippen LogP contribution in [0, 0.1) is 13.8 Å². The van der Waals surface area contributed by atoms with Gasteiger partial charge in [0.2, 0.25) is 0 Å². The van der Waals surface area contributed by atoms with E-state index >= 15 is 0 Å². The van der Waals surface area contributed by atoms with Crippen LogP contribution in [0.5, 0.6) is 5.75 Å². The zero-order valence-corrected chi connectivity index (χ0v) is 11.0. The topological polar surface area (TPSA) is 51.2 Å². The first-order chi connectivity index (χ1) is 9.15. The zero-order valence-electron chi connectivity index (χ0n) is 11.0. The molecule has 1 aromatic heterocycles. The molecule has 0 fully saturated rings. The van der Waals surface area contributed by atoms with Gasteiger partial charge >= 0.3 is 0 Å². The summed E-state index contributed by atoms with van der Waals surface area (Å²) in [4.78, 5) is 15.6. The Morgan fingerprint density at radius 1 is 1.21 bits per heavy atom. The number of aryl methyl sites for hydroxylation is 2. The first kappa shape index (κ1) is 13.1. The van der Waals surface area contributed by atoms with E-state index in [0.29, 0.717) is 5.69 Å². The molecule has 0 unspecified atom stereocenters.